The summed E-state index contributed by atoms with van der Waals surface area (Å²) in [6, 6.07) is 6.34. The first kappa shape index (κ1) is 12.6. The van der Waals surface area contributed by atoms with Gasteiger partial charge in [-0.05, 0) is 29.9 Å². The molecule has 0 amide bonds. The van der Waals surface area contributed by atoms with Gasteiger partial charge in [-0.15, -0.1) is 0 Å². The van der Waals surface area contributed by atoms with Crippen LogP contribution in [0.2, 0.25) is 0 Å². The molecule has 2 N–H and O–H groups in total. The van der Waals surface area contributed by atoms with Gasteiger partial charge in [0.1, 0.15) is 5.75 Å². The zero-order chi connectivity index (χ0) is 12.1. The van der Waals surface area contributed by atoms with Gasteiger partial charge in [-0.25, -0.2) is 0 Å². The third-order valence-corrected chi connectivity index (χ3v) is 2.26. The van der Waals surface area contributed by atoms with E-state index in [0.717, 1.165) is 5.56 Å². The summed E-state index contributed by atoms with van der Waals surface area (Å²) in [7, 11) is 1.76. The Balaban J connectivity index is 2.61. The van der Waals surface area contributed by atoms with Crippen LogP contribution in [0.4, 0.5) is 8.78 Å². The first-order chi connectivity index (χ1) is 7.49. The Kier molecular flexibility index (Phi) is 4.42. The highest BCUT2D eigenvalue weighted by Crippen LogP contribution is 2.15. The van der Waals surface area contributed by atoms with E-state index in [1.807, 2.05) is 0 Å². The molecule has 0 aliphatic heterocycles. The quantitative estimate of drug-likeness (QED) is 0.824. The summed E-state index contributed by atoms with van der Waals surface area (Å²) >= 11 is 4.78. The van der Waals surface area contributed by atoms with Crippen LogP contribution in [0.3, 0.4) is 0 Å². The van der Waals surface area contributed by atoms with Crippen LogP contribution in [-0.4, -0.2) is 23.7 Å². The van der Waals surface area contributed by atoms with Crippen molar-refractivity contribution in [2.45, 2.75) is 13.2 Å². The maximum Gasteiger partial charge on any atom is 0.387 e. The van der Waals surface area contributed by atoms with Crippen molar-refractivity contribution in [3.05, 3.63) is 29.8 Å². The van der Waals surface area contributed by atoms with Crippen LogP contribution in [0.5, 0.6) is 5.75 Å². The molecule has 0 heterocycles. The van der Waals surface area contributed by atoms with Crippen molar-refractivity contribution in [3.63, 3.8) is 0 Å². The molecule has 1 aromatic rings. The van der Waals surface area contributed by atoms with Gasteiger partial charge in [0, 0.05) is 13.6 Å². The van der Waals surface area contributed by atoms with E-state index >= 15 is 0 Å². The molecule has 0 radical (unpaired) electrons. The topological polar surface area (TPSA) is 38.5 Å². The molecule has 0 atom stereocenters. The molecule has 1 rings (SSSR count). The van der Waals surface area contributed by atoms with E-state index in [1.165, 1.54) is 12.1 Å². The lowest BCUT2D eigenvalue weighted by atomic mass is 10.2. The number of halogens is 2. The Morgan fingerprint density at radius 2 is 2.00 bits per heavy atom. The molecule has 3 nitrogen and oxygen atoms in total. The molecule has 0 bridgehead atoms. The maximum absolute atomic E-state index is 11.9. The Labute approximate surface area is 97.8 Å². The third-order valence-electron chi connectivity index (χ3n) is 1.94. The van der Waals surface area contributed by atoms with Crippen molar-refractivity contribution in [1.29, 1.82) is 0 Å². The minimum atomic E-state index is -2.80. The van der Waals surface area contributed by atoms with Gasteiger partial charge < -0.3 is 15.4 Å². The van der Waals surface area contributed by atoms with Crippen LogP contribution in [0.15, 0.2) is 24.3 Å². The van der Waals surface area contributed by atoms with Crippen molar-refractivity contribution in [1.82, 2.24) is 4.90 Å². The van der Waals surface area contributed by atoms with E-state index in [2.05, 4.69) is 4.74 Å². The van der Waals surface area contributed by atoms with Crippen molar-refractivity contribution in [2.24, 2.45) is 5.73 Å². The molecular formula is C10H12F2N2OS. The summed E-state index contributed by atoms with van der Waals surface area (Å²) in [4.78, 5) is 1.68. The predicted octanol–water partition coefficient (Wildman–Crippen LogP) is 1.96. The average Bonchev–Trinajstić information content (AvgIpc) is 2.20. The number of rotatable bonds is 4. The second-order valence-corrected chi connectivity index (χ2v) is 3.64. The number of alkyl halides is 2. The molecule has 6 heteroatoms. The van der Waals surface area contributed by atoms with Gasteiger partial charge >= 0.3 is 6.61 Å². The number of hydrogen-bond donors (Lipinski definition) is 1. The molecular weight excluding hydrogens is 234 g/mol. The van der Waals surface area contributed by atoms with Gasteiger partial charge in [-0.3, -0.25) is 0 Å². The molecule has 0 aliphatic carbocycles. The lowest BCUT2D eigenvalue weighted by Crippen LogP contribution is -2.31. The summed E-state index contributed by atoms with van der Waals surface area (Å²) in [6.45, 7) is -2.27. The third kappa shape index (κ3) is 3.98. The van der Waals surface area contributed by atoms with Gasteiger partial charge in [0.25, 0.3) is 0 Å². The second kappa shape index (κ2) is 5.60. The van der Waals surface area contributed by atoms with Crippen LogP contribution in [0.1, 0.15) is 5.56 Å². The van der Waals surface area contributed by atoms with Crippen molar-refractivity contribution < 1.29 is 13.5 Å². The summed E-state index contributed by atoms with van der Waals surface area (Å²) in [5.41, 5.74) is 6.33. The van der Waals surface area contributed by atoms with Gasteiger partial charge in [-0.1, -0.05) is 12.1 Å². The highest BCUT2D eigenvalue weighted by Gasteiger charge is 2.05. The molecule has 0 saturated heterocycles. The Morgan fingerprint density at radius 1 is 1.44 bits per heavy atom. The first-order valence-corrected chi connectivity index (χ1v) is 4.94. The maximum atomic E-state index is 11.9. The molecule has 0 unspecified atom stereocenters. The minimum absolute atomic E-state index is 0.136. The normalized spacial score (nSPS) is 10.2. The summed E-state index contributed by atoms with van der Waals surface area (Å²) < 4.78 is 28.0. The first-order valence-electron chi connectivity index (χ1n) is 4.53. The van der Waals surface area contributed by atoms with Gasteiger partial charge in [0.2, 0.25) is 0 Å². The van der Waals surface area contributed by atoms with Crippen LogP contribution in [0.25, 0.3) is 0 Å². The molecule has 0 aliphatic rings. The average molecular weight is 246 g/mol. The molecule has 0 saturated carbocycles. The number of nitrogens with two attached hydrogens (primary N) is 1. The summed E-state index contributed by atoms with van der Waals surface area (Å²) in [5.74, 6) is 0.136. The van der Waals surface area contributed by atoms with Gasteiger partial charge in [-0.2, -0.15) is 8.78 Å². The predicted molar refractivity (Wildman–Crippen MR) is 61.3 cm³/mol. The summed E-state index contributed by atoms with van der Waals surface area (Å²) in [6.07, 6.45) is 0. The van der Waals surface area contributed by atoms with Gasteiger partial charge in [0.15, 0.2) is 5.11 Å². The van der Waals surface area contributed by atoms with E-state index < -0.39 is 6.61 Å². The van der Waals surface area contributed by atoms with Crippen molar-refractivity contribution in [2.75, 3.05) is 7.05 Å². The number of ether oxygens (including phenoxy) is 1. The molecule has 0 spiro atoms. The van der Waals surface area contributed by atoms with Crippen LogP contribution in [-0.2, 0) is 6.54 Å². The highest BCUT2D eigenvalue weighted by molar-refractivity contribution is 7.80. The summed E-state index contributed by atoms with van der Waals surface area (Å²) in [5, 5.41) is 0.285. The highest BCUT2D eigenvalue weighted by atomic mass is 32.1. The molecule has 16 heavy (non-hydrogen) atoms. The minimum Gasteiger partial charge on any atom is -0.435 e. The largest absolute Gasteiger partial charge is 0.435 e. The molecule has 0 fully saturated rings. The fourth-order valence-electron chi connectivity index (χ4n) is 1.13. The second-order valence-electron chi connectivity index (χ2n) is 3.22. The number of thiocarbonyl (C=S) groups is 1. The van der Waals surface area contributed by atoms with E-state index in [4.69, 9.17) is 18.0 Å². The standard InChI is InChI=1S/C10H12F2N2OS/c1-14(10(13)16)6-7-2-4-8(5-3-7)15-9(11)12/h2-5,9H,6H2,1H3,(H2,13,16). The molecule has 88 valence electrons. The van der Waals surface area contributed by atoms with E-state index in [0.29, 0.717) is 6.54 Å². The molecule has 0 aromatic heterocycles. The lowest BCUT2D eigenvalue weighted by molar-refractivity contribution is -0.0498. The fraction of sp³-hybridized carbons (Fsp3) is 0.300. The Bertz CT molecular complexity index is 356. The van der Waals surface area contributed by atoms with E-state index in [1.54, 1.807) is 24.1 Å². The van der Waals surface area contributed by atoms with Crippen LogP contribution in [0, 0.1) is 0 Å². The Hall–Kier alpha value is -1.43. The smallest absolute Gasteiger partial charge is 0.387 e. The Morgan fingerprint density at radius 3 is 2.44 bits per heavy atom. The zero-order valence-electron chi connectivity index (χ0n) is 8.69. The molecule has 1 aromatic carbocycles. The lowest BCUT2D eigenvalue weighted by Gasteiger charge is -2.16. The van der Waals surface area contributed by atoms with Crippen LogP contribution < -0.4 is 10.5 Å². The van der Waals surface area contributed by atoms with Crippen LogP contribution >= 0.6 is 12.2 Å². The van der Waals surface area contributed by atoms with E-state index in [-0.39, 0.29) is 10.9 Å². The zero-order valence-corrected chi connectivity index (χ0v) is 9.51. The number of nitrogens with zero attached hydrogens (tertiary/aromatic N) is 1. The van der Waals surface area contributed by atoms with E-state index in [9.17, 15) is 8.78 Å². The van der Waals surface area contributed by atoms with Crippen molar-refractivity contribution >= 4 is 17.3 Å². The number of benzene rings is 1. The van der Waals surface area contributed by atoms with Crippen molar-refractivity contribution in [3.8, 4) is 5.75 Å². The number of hydrogen-bond acceptors (Lipinski definition) is 2. The van der Waals surface area contributed by atoms with Gasteiger partial charge in [0.05, 0.1) is 0 Å². The SMILES string of the molecule is CN(Cc1ccc(OC(F)F)cc1)C(N)=S. The fourth-order valence-corrected chi connectivity index (χ4v) is 1.19. The monoisotopic (exact) mass is 246 g/mol.